The first-order valence-corrected chi connectivity index (χ1v) is 4.52. The van der Waals surface area contributed by atoms with Crippen LogP contribution >= 0.6 is 0 Å². The van der Waals surface area contributed by atoms with Gasteiger partial charge in [0.2, 0.25) is 0 Å². The van der Waals surface area contributed by atoms with Gasteiger partial charge in [-0.15, -0.1) is 0 Å². The van der Waals surface area contributed by atoms with Crippen molar-refractivity contribution in [2.75, 3.05) is 26.4 Å². The topological polar surface area (TPSA) is 119 Å². The van der Waals surface area contributed by atoms with Crippen LogP contribution < -0.4 is 11.1 Å². The lowest BCUT2D eigenvalue weighted by molar-refractivity contribution is 0.00876. The number of aliphatic hydroxyl groups excluding tert-OH is 4. The molecule has 0 bridgehead atoms. The molecule has 6 heteroatoms. The average molecular weight is 208 g/mol. The number of rotatable bonds is 7. The van der Waals surface area contributed by atoms with Crippen molar-refractivity contribution in [2.45, 2.75) is 24.6 Å². The highest BCUT2D eigenvalue weighted by atomic mass is 16.3. The molecule has 0 aliphatic carbocycles. The van der Waals surface area contributed by atoms with Crippen LogP contribution in [0, 0.1) is 0 Å². The molecule has 6 nitrogen and oxygen atoms in total. The van der Waals surface area contributed by atoms with Gasteiger partial charge in [-0.25, -0.2) is 0 Å². The third-order valence-electron chi connectivity index (χ3n) is 2.11. The smallest absolute Gasteiger partial charge is 0.0914 e. The summed E-state index contributed by atoms with van der Waals surface area (Å²) in [6.07, 6.45) is -1.08. The van der Waals surface area contributed by atoms with Crippen LogP contribution in [-0.4, -0.2) is 64.5 Å². The number of nitrogens with two attached hydrogens (primary N) is 1. The van der Waals surface area contributed by atoms with Crippen molar-refractivity contribution >= 4 is 0 Å². The predicted octanol–water partition coefficient (Wildman–Crippen LogP) is -3.00. The van der Waals surface area contributed by atoms with Crippen molar-refractivity contribution in [3.63, 3.8) is 0 Å². The summed E-state index contributed by atoms with van der Waals surface area (Å²) in [5.41, 5.74) is 4.42. The van der Waals surface area contributed by atoms with E-state index >= 15 is 0 Å². The Morgan fingerprint density at radius 1 is 1.36 bits per heavy atom. The quantitative estimate of drug-likeness (QED) is 0.265. The van der Waals surface area contributed by atoms with Crippen LogP contribution in [0.5, 0.6) is 0 Å². The van der Waals surface area contributed by atoms with Crippen molar-refractivity contribution in [1.82, 2.24) is 5.32 Å². The number of hydrogen-bond acceptors (Lipinski definition) is 6. The van der Waals surface area contributed by atoms with Gasteiger partial charge in [-0.3, -0.25) is 0 Å². The Morgan fingerprint density at radius 2 is 1.93 bits per heavy atom. The molecule has 0 aromatic rings. The Kier molecular flexibility index (Phi) is 6.17. The standard InChI is InChI=1S/C8H20N2O4/c1-8(9,5-13)7(14)6(4-12)10-2-3-11/h6-7,10-14H,2-5,9H2,1H3. The maximum Gasteiger partial charge on any atom is 0.0914 e. The number of hydrogen-bond donors (Lipinski definition) is 6. The Balaban J connectivity index is 4.22. The summed E-state index contributed by atoms with van der Waals surface area (Å²) in [5.74, 6) is 0. The minimum atomic E-state index is -1.17. The molecule has 14 heavy (non-hydrogen) atoms. The molecule has 0 radical (unpaired) electrons. The highest BCUT2D eigenvalue weighted by Crippen LogP contribution is 2.09. The van der Waals surface area contributed by atoms with Crippen LogP contribution in [0.15, 0.2) is 0 Å². The molecule has 0 saturated heterocycles. The molecule has 0 rings (SSSR count). The third kappa shape index (κ3) is 3.87. The first-order chi connectivity index (χ1) is 6.49. The normalized spacial score (nSPS) is 20.1. The van der Waals surface area contributed by atoms with E-state index < -0.39 is 17.7 Å². The molecular weight excluding hydrogens is 188 g/mol. The van der Waals surface area contributed by atoms with Gasteiger partial charge in [-0.1, -0.05) is 0 Å². The minimum absolute atomic E-state index is 0.0936. The van der Waals surface area contributed by atoms with Crippen LogP contribution in [0.1, 0.15) is 6.92 Å². The Morgan fingerprint density at radius 3 is 2.29 bits per heavy atom. The van der Waals surface area contributed by atoms with Crippen molar-refractivity contribution in [3.8, 4) is 0 Å². The van der Waals surface area contributed by atoms with Crippen molar-refractivity contribution in [2.24, 2.45) is 5.73 Å². The van der Waals surface area contributed by atoms with E-state index in [0.717, 1.165) is 0 Å². The molecule has 7 N–H and O–H groups in total. The first kappa shape index (κ1) is 13.8. The van der Waals surface area contributed by atoms with Gasteiger partial charge in [-0.2, -0.15) is 0 Å². The van der Waals surface area contributed by atoms with Gasteiger partial charge in [0.25, 0.3) is 0 Å². The van der Waals surface area contributed by atoms with Gasteiger partial charge in [0.1, 0.15) is 0 Å². The highest BCUT2D eigenvalue weighted by molar-refractivity contribution is 4.93. The summed E-state index contributed by atoms with van der Waals surface area (Å²) in [6.45, 7) is 0.952. The molecule has 0 aromatic carbocycles. The summed E-state index contributed by atoms with van der Waals surface area (Å²) in [4.78, 5) is 0. The lowest BCUT2D eigenvalue weighted by Crippen LogP contribution is -2.61. The lowest BCUT2D eigenvalue weighted by Gasteiger charge is -2.33. The van der Waals surface area contributed by atoms with Crippen LogP contribution in [-0.2, 0) is 0 Å². The predicted molar refractivity (Wildman–Crippen MR) is 51.6 cm³/mol. The van der Waals surface area contributed by atoms with E-state index in [1.54, 1.807) is 0 Å². The zero-order chi connectivity index (χ0) is 11.2. The van der Waals surface area contributed by atoms with Crippen LogP contribution in [0.4, 0.5) is 0 Å². The van der Waals surface area contributed by atoms with Gasteiger partial charge in [0.15, 0.2) is 0 Å². The van der Waals surface area contributed by atoms with Crippen LogP contribution in [0.2, 0.25) is 0 Å². The molecule has 0 aliphatic heterocycles. The second kappa shape index (κ2) is 6.28. The fourth-order valence-electron chi connectivity index (χ4n) is 1.08. The van der Waals surface area contributed by atoms with Crippen LogP contribution in [0.25, 0.3) is 0 Å². The molecule has 86 valence electrons. The summed E-state index contributed by atoms with van der Waals surface area (Å²) < 4.78 is 0. The molecule has 0 spiro atoms. The van der Waals surface area contributed by atoms with E-state index in [2.05, 4.69) is 5.32 Å². The molecule has 0 aromatic heterocycles. The van der Waals surface area contributed by atoms with Crippen molar-refractivity contribution < 1.29 is 20.4 Å². The van der Waals surface area contributed by atoms with Gasteiger partial charge in [0, 0.05) is 6.54 Å². The Bertz CT molecular complexity index is 154. The van der Waals surface area contributed by atoms with Gasteiger partial charge in [-0.05, 0) is 6.92 Å². The van der Waals surface area contributed by atoms with Gasteiger partial charge >= 0.3 is 0 Å². The minimum Gasteiger partial charge on any atom is -0.395 e. The van der Waals surface area contributed by atoms with E-state index in [1.807, 2.05) is 0 Å². The molecule has 3 atom stereocenters. The largest absolute Gasteiger partial charge is 0.395 e. The molecule has 0 aliphatic rings. The van der Waals surface area contributed by atoms with E-state index in [9.17, 15) is 5.11 Å². The Labute approximate surface area is 83.4 Å². The maximum atomic E-state index is 9.67. The van der Waals surface area contributed by atoms with Crippen LogP contribution in [0.3, 0.4) is 0 Å². The highest BCUT2D eigenvalue weighted by Gasteiger charge is 2.33. The molecule has 0 fully saturated rings. The first-order valence-electron chi connectivity index (χ1n) is 4.52. The van der Waals surface area contributed by atoms with Crippen molar-refractivity contribution in [1.29, 1.82) is 0 Å². The SMILES string of the molecule is CC(N)(CO)C(O)C(CO)NCCO. The monoisotopic (exact) mass is 208 g/mol. The second-order valence-electron chi connectivity index (χ2n) is 3.58. The van der Waals surface area contributed by atoms with Crippen molar-refractivity contribution in [3.05, 3.63) is 0 Å². The molecule has 0 heterocycles. The van der Waals surface area contributed by atoms with E-state index in [0.29, 0.717) is 0 Å². The van der Waals surface area contributed by atoms with E-state index in [1.165, 1.54) is 6.92 Å². The third-order valence-corrected chi connectivity index (χ3v) is 2.11. The lowest BCUT2D eigenvalue weighted by atomic mass is 9.91. The molecule has 0 saturated carbocycles. The zero-order valence-corrected chi connectivity index (χ0v) is 8.35. The molecule has 0 amide bonds. The summed E-state index contributed by atoms with van der Waals surface area (Å²) in [5, 5.41) is 38.8. The Hall–Kier alpha value is -0.240. The second-order valence-corrected chi connectivity index (χ2v) is 3.58. The van der Waals surface area contributed by atoms with E-state index in [-0.39, 0.29) is 26.4 Å². The maximum absolute atomic E-state index is 9.67. The zero-order valence-electron chi connectivity index (χ0n) is 8.35. The number of nitrogens with one attached hydrogen (secondary N) is 1. The molecule has 3 unspecified atom stereocenters. The van der Waals surface area contributed by atoms with Gasteiger partial charge < -0.3 is 31.5 Å². The fourth-order valence-corrected chi connectivity index (χ4v) is 1.08. The van der Waals surface area contributed by atoms with E-state index in [4.69, 9.17) is 21.1 Å². The summed E-state index contributed by atoms with van der Waals surface area (Å²) >= 11 is 0. The average Bonchev–Trinajstić information content (AvgIpc) is 2.18. The summed E-state index contributed by atoms with van der Waals surface area (Å²) in [6, 6.07) is -0.649. The number of aliphatic hydroxyl groups is 4. The van der Waals surface area contributed by atoms with Gasteiger partial charge in [0.05, 0.1) is 37.5 Å². The fraction of sp³-hybridized carbons (Fsp3) is 1.00. The molecular formula is C8H20N2O4. The summed E-state index contributed by atoms with van der Waals surface area (Å²) in [7, 11) is 0.